The maximum atomic E-state index is 14.0. The van der Waals surface area contributed by atoms with Crippen molar-refractivity contribution < 1.29 is 0 Å². The number of benzene rings is 8. The molecule has 0 radical (unpaired) electrons. The largest absolute Gasteiger partial charge is 0.309 e. The molecule has 0 spiro atoms. The van der Waals surface area contributed by atoms with Crippen LogP contribution in [0, 0.1) is 0 Å². The smallest absolute Gasteiger partial charge is 0.263 e. The van der Waals surface area contributed by atoms with Crippen LogP contribution in [0.2, 0.25) is 0 Å². The topological polar surface area (TPSA) is 26.4 Å². The molecule has 0 fully saturated rings. The van der Waals surface area contributed by atoms with Crippen molar-refractivity contribution in [2.45, 2.75) is 19.3 Å². The van der Waals surface area contributed by atoms with Crippen LogP contribution in [0.5, 0.6) is 0 Å². The first-order valence-corrected chi connectivity index (χ1v) is 20.1. The lowest BCUT2D eigenvalue weighted by molar-refractivity contribution is 0.661. The van der Waals surface area contributed by atoms with Crippen LogP contribution < -0.4 is 5.56 Å². The van der Waals surface area contributed by atoms with Gasteiger partial charge in [0.05, 0.1) is 22.1 Å². The van der Waals surface area contributed by atoms with E-state index in [0.717, 1.165) is 49.2 Å². The third-order valence-electron chi connectivity index (χ3n) is 12.9. The van der Waals surface area contributed by atoms with Gasteiger partial charge in [-0.3, -0.25) is 9.20 Å². The molecule has 4 heteroatoms. The highest BCUT2D eigenvalue weighted by atomic mass is 32.1. The van der Waals surface area contributed by atoms with E-state index >= 15 is 0 Å². The number of hydrogen-bond donors (Lipinski definition) is 0. The molecule has 3 nitrogen and oxygen atoms in total. The summed E-state index contributed by atoms with van der Waals surface area (Å²) in [5.41, 5.74) is 13.3. The molecule has 56 heavy (non-hydrogen) atoms. The van der Waals surface area contributed by atoms with Crippen LogP contribution >= 0.6 is 11.3 Å². The van der Waals surface area contributed by atoms with Gasteiger partial charge in [-0.1, -0.05) is 111 Å². The van der Waals surface area contributed by atoms with Gasteiger partial charge in [-0.15, -0.1) is 11.3 Å². The van der Waals surface area contributed by atoms with Gasteiger partial charge >= 0.3 is 0 Å². The Hall–Kier alpha value is -6.75. The zero-order valence-electron chi connectivity index (χ0n) is 30.7. The molecular weight excluding hydrogens is 701 g/mol. The number of rotatable bonds is 2. The fourth-order valence-corrected chi connectivity index (χ4v) is 11.4. The van der Waals surface area contributed by atoms with Crippen molar-refractivity contribution in [2.24, 2.45) is 0 Å². The van der Waals surface area contributed by atoms with E-state index in [1.807, 2.05) is 33.9 Å². The molecule has 13 rings (SSSR count). The summed E-state index contributed by atoms with van der Waals surface area (Å²) in [4.78, 5) is 14.0. The Morgan fingerprint density at radius 2 is 1.18 bits per heavy atom. The Morgan fingerprint density at radius 1 is 0.464 bits per heavy atom. The maximum absolute atomic E-state index is 14.0. The second kappa shape index (κ2) is 10.5. The van der Waals surface area contributed by atoms with Gasteiger partial charge in [0.15, 0.2) is 0 Å². The minimum absolute atomic E-state index is 0.0358. The summed E-state index contributed by atoms with van der Waals surface area (Å²) >= 11 is 1.85. The highest BCUT2D eigenvalue weighted by Crippen LogP contribution is 2.51. The fourth-order valence-electron chi connectivity index (χ4n) is 10.3. The monoisotopic (exact) mass is 732 g/mol. The minimum atomic E-state index is -0.0895. The van der Waals surface area contributed by atoms with Crippen molar-refractivity contribution in [1.29, 1.82) is 0 Å². The number of hydrogen-bond acceptors (Lipinski definition) is 2. The van der Waals surface area contributed by atoms with Crippen LogP contribution in [-0.4, -0.2) is 8.97 Å². The molecule has 0 saturated heterocycles. The van der Waals surface area contributed by atoms with Gasteiger partial charge in [0.2, 0.25) is 0 Å². The molecule has 4 aromatic heterocycles. The lowest BCUT2D eigenvalue weighted by atomic mass is 9.82. The van der Waals surface area contributed by atoms with Crippen LogP contribution in [0.25, 0.3) is 108 Å². The Balaban J connectivity index is 1.05. The highest BCUT2D eigenvalue weighted by molar-refractivity contribution is 7.26. The second-order valence-corrected chi connectivity index (χ2v) is 17.1. The number of fused-ring (bicyclic) bond motifs is 14. The van der Waals surface area contributed by atoms with Gasteiger partial charge in [-0.05, 0) is 99.4 Å². The first-order valence-electron chi connectivity index (χ1n) is 19.3. The van der Waals surface area contributed by atoms with Gasteiger partial charge in [-0.25, -0.2) is 0 Å². The van der Waals surface area contributed by atoms with E-state index in [2.05, 4.69) is 158 Å². The maximum Gasteiger partial charge on any atom is 0.263 e. The predicted molar refractivity (Wildman–Crippen MR) is 238 cm³/mol. The molecule has 0 atom stereocenters. The zero-order chi connectivity index (χ0) is 37.0. The first kappa shape index (κ1) is 30.6. The molecule has 0 aliphatic heterocycles. The van der Waals surface area contributed by atoms with Crippen molar-refractivity contribution in [2.75, 3.05) is 0 Å². The summed E-state index contributed by atoms with van der Waals surface area (Å²) in [6.07, 6.45) is 0. The molecule has 1 aliphatic carbocycles. The van der Waals surface area contributed by atoms with Gasteiger partial charge < -0.3 is 4.57 Å². The average molecular weight is 733 g/mol. The van der Waals surface area contributed by atoms with Gasteiger partial charge in [0.25, 0.3) is 5.56 Å². The lowest BCUT2D eigenvalue weighted by Crippen LogP contribution is -2.14. The van der Waals surface area contributed by atoms with Crippen LogP contribution in [0.15, 0.2) is 163 Å². The van der Waals surface area contributed by atoms with Gasteiger partial charge in [0, 0.05) is 63.6 Å². The molecule has 1 aliphatic rings. The molecule has 0 amide bonds. The molecule has 12 aromatic rings. The quantitative estimate of drug-likeness (QED) is 0.163. The predicted octanol–water partition coefficient (Wildman–Crippen LogP) is 13.6. The van der Waals surface area contributed by atoms with Gasteiger partial charge in [0.1, 0.15) is 0 Å². The van der Waals surface area contributed by atoms with Crippen molar-refractivity contribution in [1.82, 2.24) is 8.97 Å². The van der Waals surface area contributed by atoms with E-state index < -0.39 is 0 Å². The fraction of sp³-hybridized carbons (Fsp3) is 0.0577. The van der Waals surface area contributed by atoms with E-state index in [9.17, 15) is 4.79 Å². The third kappa shape index (κ3) is 3.75. The second-order valence-electron chi connectivity index (χ2n) is 16.0. The van der Waals surface area contributed by atoms with E-state index in [-0.39, 0.29) is 11.0 Å². The summed E-state index contributed by atoms with van der Waals surface area (Å²) in [7, 11) is 0. The van der Waals surface area contributed by atoms with E-state index in [1.54, 1.807) is 0 Å². The van der Waals surface area contributed by atoms with Crippen LogP contribution in [0.4, 0.5) is 0 Å². The van der Waals surface area contributed by atoms with Crippen molar-refractivity contribution in [3.05, 3.63) is 179 Å². The van der Waals surface area contributed by atoms with Crippen molar-refractivity contribution in [3.8, 4) is 27.9 Å². The Labute approximate surface area is 325 Å². The summed E-state index contributed by atoms with van der Waals surface area (Å²) < 4.78 is 6.94. The van der Waals surface area contributed by atoms with E-state index in [0.29, 0.717) is 0 Å². The summed E-state index contributed by atoms with van der Waals surface area (Å²) in [5.74, 6) is 0. The molecule has 0 bridgehead atoms. The van der Waals surface area contributed by atoms with Crippen molar-refractivity contribution >= 4 is 91.3 Å². The summed E-state index contributed by atoms with van der Waals surface area (Å²) in [6, 6.07) is 57.4. The van der Waals surface area contributed by atoms with Crippen LogP contribution in [-0.2, 0) is 5.41 Å². The number of para-hydroxylation sites is 2. The highest BCUT2D eigenvalue weighted by Gasteiger charge is 2.36. The van der Waals surface area contributed by atoms with Crippen LogP contribution in [0.1, 0.15) is 25.0 Å². The number of aromatic nitrogens is 2. The number of pyridine rings is 1. The summed E-state index contributed by atoms with van der Waals surface area (Å²) in [6.45, 7) is 4.72. The number of thiophene rings is 1. The Kier molecular flexibility index (Phi) is 5.73. The third-order valence-corrected chi connectivity index (χ3v) is 14.0. The molecule has 0 unspecified atom stereocenters. The van der Waals surface area contributed by atoms with Gasteiger partial charge in [-0.2, -0.15) is 0 Å². The number of nitrogens with zero attached hydrogens (tertiary/aromatic N) is 2. The zero-order valence-corrected chi connectivity index (χ0v) is 31.5. The summed E-state index contributed by atoms with van der Waals surface area (Å²) in [5, 5.41) is 10.1. The standard InChI is InChI=1S/C52H32N2OS/c1-52(2)42-18-7-5-12-33(42)38-27-40-34-13-6-8-19-44(34)53(46(40)28-43(38)52)30-22-24-47-41(26-30)49-31(15-10-20-48(49)56-47)29-21-23-45-39(25-29)36-17-9-16-35-32-11-3-4-14-37(32)51(55)54(45)50(35)36/h3-28H,1-2H3. The molecule has 8 aromatic carbocycles. The van der Waals surface area contributed by atoms with E-state index in [1.165, 1.54) is 69.8 Å². The van der Waals surface area contributed by atoms with E-state index in [4.69, 9.17) is 0 Å². The SMILES string of the molecule is CC1(C)c2ccccc2-c2cc3c4ccccc4n(-c4ccc5sc6cccc(-c7ccc8c(c7)c7cccc9c%10ccccc%10c(=O)n8c97)c6c5c4)c3cc21. The van der Waals surface area contributed by atoms with Crippen molar-refractivity contribution in [3.63, 3.8) is 0 Å². The first-order chi connectivity index (χ1) is 27.5. The molecule has 4 heterocycles. The molecule has 0 saturated carbocycles. The average Bonchev–Trinajstić information content (AvgIpc) is 3.94. The molecular formula is C52H32N2OS. The van der Waals surface area contributed by atoms with Crippen LogP contribution in [0.3, 0.4) is 0 Å². The molecule has 0 N–H and O–H groups in total. The minimum Gasteiger partial charge on any atom is -0.309 e. The molecule has 262 valence electrons. The Morgan fingerprint density at radius 3 is 2.07 bits per heavy atom. The lowest BCUT2D eigenvalue weighted by Gasteiger charge is -2.21. The Bertz CT molecular complexity index is 3760. The normalized spacial score (nSPS) is 13.8.